The summed E-state index contributed by atoms with van der Waals surface area (Å²) in [4.78, 5) is 4.47. The number of nitrogens with zero attached hydrogens (tertiary/aromatic N) is 1. The van der Waals surface area contributed by atoms with E-state index in [4.69, 9.17) is 4.74 Å². The van der Waals surface area contributed by atoms with Gasteiger partial charge in [0.1, 0.15) is 11.6 Å². The van der Waals surface area contributed by atoms with Gasteiger partial charge in [0, 0.05) is 23.9 Å². The Balaban J connectivity index is 2.40. The molecule has 21 heavy (non-hydrogen) atoms. The normalized spacial score (nSPS) is 10.7. The number of benzene rings is 1. The summed E-state index contributed by atoms with van der Waals surface area (Å²) in [5.41, 5.74) is 3.89. The van der Waals surface area contributed by atoms with Crippen molar-refractivity contribution in [3.05, 3.63) is 52.5 Å². The highest BCUT2D eigenvalue weighted by Gasteiger charge is 2.12. The molecule has 0 radical (unpaired) electrons. The van der Waals surface area contributed by atoms with E-state index in [2.05, 4.69) is 10.3 Å². The Morgan fingerprint density at radius 1 is 1.14 bits per heavy atom. The Kier molecular flexibility index (Phi) is 4.91. The minimum Gasteiger partial charge on any atom is -0.438 e. The van der Waals surface area contributed by atoms with E-state index in [1.54, 1.807) is 6.07 Å². The number of hydrogen-bond acceptors (Lipinski definition) is 3. The van der Waals surface area contributed by atoms with Gasteiger partial charge in [0.2, 0.25) is 5.88 Å². The summed E-state index contributed by atoms with van der Waals surface area (Å²) >= 11 is 0. The summed E-state index contributed by atoms with van der Waals surface area (Å²) < 4.78 is 19.3. The fourth-order valence-corrected chi connectivity index (χ4v) is 2.17. The number of rotatable bonds is 5. The number of halogens is 1. The number of pyridine rings is 1. The lowest BCUT2D eigenvalue weighted by molar-refractivity contribution is 0.444. The van der Waals surface area contributed by atoms with Crippen molar-refractivity contribution >= 4 is 0 Å². The van der Waals surface area contributed by atoms with Crippen molar-refractivity contribution < 1.29 is 9.13 Å². The van der Waals surface area contributed by atoms with Crippen LogP contribution in [0.1, 0.15) is 29.3 Å². The fraction of sp³-hybridized carbons (Fsp3) is 0.353. The van der Waals surface area contributed by atoms with Gasteiger partial charge in [-0.15, -0.1) is 0 Å². The van der Waals surface area contributed by atoms with Gasteiger partial charge in [0.25, 0.3) is 0 Å². The van der Waals surface area contributed by atoms with Gasteiger partial charge in [-0.25, -0.2) is 9.37 Å². The number of ether oxygens (including phenoxy) is 1. The molecule has 0 saturated heterocycles. The molecule has 0 bridgehead atoms. The maximum atomic E-state index is 13.4. The van der Waals surface area contributed by atoms with Crippen LogP contribution in [0.3, 0.4) is 0 Å². The molecule has 1 N–H and O–H groups in total. The smallest absolute Gasteiger partial charge is 0.224 e. The molecule has 112 valence electrons. The van der Waals surface area contributed by atoms with Crippen molar-refractivity contribution in [3.8, 4) is 11.6 Å². The van der Waals surface area contributed by atoms with Gasteiger partial charge < -0.3 is 10.1 Å². The molecule has 0 saturated carbocycles. The number of nitrogens with one attached hydrogen (secondary N) is 1. The minimum absolute atomic E-state index is 0.312. The monoisotopic (exact) mass is 288 g/mol. The molecule has 1 aromatic carbocycles. The van der Waals surface area contributed by atoms with Crippen LogP contribution in [0.4, 0.5) is 4.39 Å². The van der Waals surface area contributed by atoms with E-state index in [1.165, 1.54) is 12.1 Å². The van der Waals surface area contributed by atoms with Gasteiger partial charge in [-0.2, -0.15) is 0 Å². The van der Waals surface area contributed by atoms with Crippen molar-refractivity contribution in [2.45, 2.75) is 34.2 Å². The van der Waals surface area contributed by atoms with E-state index < -0.39 is 0 Å². The van der Waals surface area contributed by atoms with Gasteiger partial charge in [0.15, 0.2) is 0 Å². The molecular weight excluding hydrogens is 267 g/mol. The van der Waals surface area contributed by atoms with Crippen LogP contribution in [0, 0.1) is 26.6 Å². The second kappa shape index (κ2) is 6.68. The highest BCUT2D eigenvalue weighted by molar-refractivity contribution is 5.41. The zero-order valence-corrected chi connectivity index (χ0v) is 13.0. The second-order valence-corrected chi connectivity index (χ2v) is 5.16. The molecular formula is C17H21FN2O. The Morgan fingerprint density at radius 2 is 1.90 bits per heavy atom. The van der Waals surface area contributed by atoms with Crippen LogP contribution >= 0.6 is 0 Å². The van der Waals surface area contributed by atoms with Crippen LogP contribution in [-0.2, 0) is 6.54 Å². The van der Waals surface area contributed by atoms with Crippen LogP contribution in [0.5, 0.6) is 11.6 Å². The summed E-state index contributed by atoms with van der Waals surface area (Å²) in [6.45, 7) is 9.45. The lowest BCUT2D eigenvalue weighted by Gasteiger charge is -2.15. The first-order valence-corrected chi connectivity index (χ1v) is 7.13. The molecule has 0 unspecified atom stereocenters. The number of hydrogen-bond donors (Lipinski definition) is 1. The summed E-state index contributed by atoms with van der Waals surface area (Å²) in [6, 6.07) is 6.55. The van der Waals surface area contributed by atoms with E-state index in [1.807, 2.05) is 33.8 Å². The zero-order valence-electron chi connectivity index (χ0n) is 13.0. The lowest BCUT2D eigenvalue weighted by atomic mass is 10.1. The molecule has 0 fully saturated rings. The lowest BCUT2D eigenvalue weighted by Crippen LogP contribution is -2.14. The van der Waals surface area contributed by atoms with Gasteiger partial charge in [-0.3, -0.25) is 0 Å². The van der Waals surface area contributed by atoms with E-state index >= 15 is 0 Å². The van der Waals surface area contributed by atoms with Crippen molar-refractivity contribution in [1.29, 1.82) is 0 Å². The van der Waals surface area contributed by atoms with Crippen molar-refractivity contribution in [2.75, 3.05) is 6.54 Å². The number of aryl methyl sites for hydroxylation is 3. The van der Waals surface area contributed by atoms with Crippen LogP contribution < -0.4 is 10.1 Å². The Labute approximate surface area is 125 Å². The Morgan fingerprint density at radius 3 is 2.62 bits per heavy atom. The van der Waals surface area contributed by atoms with Crippen LogP contribution in [0.15, 0.2) is 24.3 Å². The molecule has 2 rings (SSSR count). The van der Waals surface area contributed by atoms with E-state index in [9.17, 15) is 4.39 Å². The highest BCUT2D eigenvalue weighted by atomic mass is 19.1. The molecule has 3 nitrogen and oxygen atoms in total. The molecule has 2 aromatic rings. The van der Waals surface area contributed by atoms with Gasteiger partial charge in [0.05, 0.1) is 0 Å². The zero-order chi connectivity index (χ0) is 15.4. The standard InChI is InChI=1S/C17H21FN2O/c1-5-19-10-15-12(3)8-13(4)20-17(15)21-16-9-14(18)7-6-11(16)2/h6-9,19H,5,10H2,1-4H3. The topological polar surface area (TPSA) is 34.2 Å². The average molecular weight is 288 g/mol. The van der Waals surface area contributed by atoms with Crippen molar-refractivity contribution in [1.82, 2.24) is 10.3 Å². The first-order valence-electron chi connectivity index (χ1n) is 7.13. The molecule has 1 aromatic heterocycles. The quantitative estimate of drug-likeness (QED) is 0.901. The Hall–Kier alpha value is -1.94. The third kappa shape index (κ3) is 3.79. The molecule has 0 aliphatic rings. The molecule has 0 amide bonds. The van der Waals surface area contributed by atoms with Crippen LogP contribution in [-0.4, -0.2) is 11.5 Å². The van der Waals surface area contributed by atoms with Crippen LogP contribution in [0.25, 0.3) is 0 Å². The van der Waals surface area contributed by atoms with Crippen molar-refractivity contribution in [2.24, 2.45) is 0 Å². The molecule has 4 heteroatoms. The maximum absolute atomic E-state index is 13.4. The fourth-order valence-electron chi connectivity index (χ4n) is 2.17. The van der Waals surface area contributed by atoms with Gasteiger partial charge in [-0.1, -0.05) is 13.0 Å². The predicted molar refractivity (Wildman–Crippen MR) is 82.3 cm³/mol. The molecule has 0 aliphatic heterocycles. The van der Waals surface area contributed by atoms with Crippen molar-refractivity contribution in [3.63, 3.8) is 0 Å². The summed E-state index contributed by atoms with van der Waals surface area (Å²) in [5, 5.41) is 3.28. The van der Waals surface area contributed by atoms with Gasteiger partial charge >= 0.3 is 0 Å². The summed E-state index contributed by atoms with van der Waals surface area (Å²) in [6.07, 6.45) is 0. The predicted octanol–water partition coefficient (Wildman–Crippen LogP) is 4.05. The van der Waals surface area contributed by atoms with E-state index in [0.717, 1.165) is 28.9 Å². The van der Waals surface area contributed by atoms with E-state index in [-0.39, 0.29) is 5.82 Å². The highest BCUT2D eigenvalue weighted by Crippen LogP contribution is 2.29. The molecule has 1 heterocycles. The first kappa shape index (κ1) is 15.4. The molecule has 0 spiro atoms. The molecule has 0 aliphatic carbocycles. The maximum Gasteiger partial charge on any atom is 0.224 e. The third-order valence-corrected chi connectivity index (χ3v) is 3.35. The number of aromatic nitrogens is 1. The summed E-state index contributed by atoms with van der Waals surface area (Å²) in [7, 11) is 0. The van der Waals surface area contributed by atoms with E-state index in [0.29, 0.717) is 18.2 Å². The minimum atomic E-state index is -0.312. The summed E-state index contributed by atoms with van der Waals surface area (Å²) in [5.74, 6) is 0.737. The third-order valence-electron chi connectivity index (χ3n) is 3.35. The first-order chi connectivity index (χ1) is 10.0. The second-order valence-electron chi connectivity index (χ2n) is 5.16. The van der Waals surface area contributed by atoms with Gasteiger partial charge in [-0.05, 0) is 50.6 Å². The average Bonchev–Trinajstić information content (AvgIpc) is 2.42. The molecule has 0 atom stereocenters. The Bertz CT molecular complexity index is 641. The SMILES string of the molecule is CCNCc1c(C)cc(C)nc1Oc1cc(F)ccc1C. The largest absolute Gasteiger partial charge is 0.438 e. The van der Waals surface area contributed by atoms with Crippen LogP contribution in [0.2, 0.25) is 0 Å².